The Bertz CT molecular complexity index is 485. The lowest BCUT2D eigenvalue weighted by atomic mass is 10.1. The Hall–Kier alpha value is -1.56. The van der Waals surface area contributed by atoms with E-state index >= 15 is 0 Å². The van der Waals surface area contributed by atoms with Gasteiger partial charge in [0.25, 0.3) is 0 Å². The molecule has 1 aliphatic heterocycles. The van der Waals surface area contributed by atoms with E-state index in [-0.39, 0.29) is 0 Å². The second kappa shape index (κ2) is 5.91. The van der Waals surface area contributed by atoms with Gasteiger partial charge in [-0.3, -0.25) is 0 Å². The highest BCUT2D eigenvalue weighted by Crippen LogP contribution is 2.31. The van der Waals surface area contributed by atoms with E-state index in [9.17, 15) is 0 Å². The molecule has 1 aromatic rings. The van der Waals surface area contributed by atoms with Gasteiger partial charge in [0.15, 0.2) is 0 Å². The van der Waals surface area contributed by atoms with Crippen LogP contribution in [0.4, 0.5) is 17.6 Å². The Balaban J connectivity index is 1.44. The molecule has 4 rings (SSSR count). The number of likely N-dealkylation sites (N-methyl/N-ethyl adjacent to an activating group) is 1. The zero-order valence-corrected chi connectivity index (χ0v) is 13.3. The average molecular weight is 302 g/mol. The largest absolute Gasteiger partial charge is 0.370 e. The highest BCUT2D eigenvalue weighted by molar-refractivity contribution is 5.55. The molecule has 0 radical (unpaired) electrons. The third-order valence-electron chi connectivity index (χ3n) is 4.84. The van der Waals surface area contributed by atoms with Crippen LogP contribution < -0.4 is 20.9 Å². The van der Waals surface area contributed by atoms with Gasteiger partial charge in [-0.25, -0.2) is 0 Å². The molecule has 0 atom stereocenters. The third-order valence-corrected chi connectivity index (χ3v) is 4.84. The molecule has 1 saturated heterocycles. The van der Waals surface area contributed by atoms with E-state index in [0.717, 1.165) is 55.6 Å². The molecule has 0 bridgehead atoms. The zero-order valence-electron chi connectivity index (χ0n) is 13.3. The van der Waals surface area contributed by atoms with Crippen molar-refractivity contribution in [3.05, 3.63) is 6.07 Å². The summed E-state index contributed by atoms with van der Waals surface area (Å²) < 4.78 is 0. The molecule has 2 aliphatic carbocycles. The second-order valence-corrected chi connectivity index (χ2v) is 6.97. The minimum Gasteiger partial charge on any atom is -0.370 e. The van der Waals surface area contributed by atoms with Gasteiger partial charge < -0.3 is 20.9 Å². The summed E-state index contributed by atoms with van der Waals surface area (Å²) in [6, 6.07) is 2.68. The lowest BCUT2D eigenvalue weighted by Crippen LogP contribution is -2.57. The molecule has 0 aromatic carbocycles. The van der Waals surface area contributed by atoms with Gasteiger partial charge in [-0.05, 0) is 44.6 Å². The Kier molecular flexibility index (Phi) is 3.78. The first-order valence-corrected chi connectivity index (χ1v) is 8.59. The molecule has 3 fully saturated rings. The van der Waals surface area contributed by atoms with Crippen molar-refractivity contribution in [3.8, 4) is 0 Å². The third kappa shape index (κ3) is 3.43. The lowest BCUT2D eigenvalue weighted by Gasteiger charge is -2.40. The van der Waals surface area contributed by atoms with E-state index < -0.39 is 0 Å². The molecule has 1 aromatic heterocycles. The predicted octanol–water partition coefficient (Wildman–Crippen LogP) is 1.53. The van der Waals surface area contributed by atoms with E-state index in [0.29, 0.717) is 6.04 Å². The monoisotopic (exact) mass is 302 g/mol. The van der Waals surface area contributed by atoms with E-state index in [1.165, 1.54) is 25.7 Å². The fourth-order valence-corrected chi connectivity index (χ4v) is 2.74. The summed E-state index contributed by atoms with van der Waals surface area (Å²) in [4.78, 5) is 11.7. The first-order chi connectivity index (χ1) is 10.8. The standard InChI is InChI=1S/C16H26N6/c1-17-13-9-22(10-13)15-6-14(18-7-11-2-3-11)20-16(21-15)19-8-12-4-5-12/h6,11-13,17H,2-5,7-10H2,1H3,(H2,18,19,20,21). The highest BCUT2D eigenvalue weighted by Gasteiger charge is 2.28. The number of nitrogens with zero attached hydrogens (tertiary/aromatic N) is 3. The molecule has 6 heteroatoms. The Morgan fingerprint density at radius 1 is 1.05 bits per heavy atom. The number of rotatable bonds is 8. The van der Waals surface area contributed by atoms with Crippen LogP contribution in [0.2, 0.25) is 0 Å². The van der Waals surface area contributed by atoms with Crippen molar-refractivity contribution in [3.63, 3.8) is 0 Å². The highest BCUT2D eigenvalue weighted by atomic mass is 15.3. The van der Waals surface area contributed by atoms with Gasteiger partial charge in [0.2, 0.25) is 5.95 Å². The van der Waals surface area contributed by atoms with Crippen LogP contribution in [0.25, 0.3) is 0 Å². The van der Waals surface area contributed by atoms with Gasteiger partial charge in [0.1, 0.15) is 11.6 Å². The van der Waals surface area contributed by atoms with Crippen molar-refractivity contribution in [2.24, 2.45) is 11.8 Å². The minimum absolute atomic E-state index is 0.584. The molecule has 0 amide bonds. The van der Waals surface area contributed by atoms with Gasteiger partial charge in [-0.2, -0.15) is 9.97 Å². The van der Waals surface area contributed by atoms with Gasteiger partial charge in [0, 0.05) is 38.3 Å². The fraction of sp³-hybridized carbons (Fsp3) is 0.750. The van der Waals surface area contributed by atoms with Crippen LogP contribution in [0.3, 0.4) is 0 Å². The minimum atomic E-state index is 0.584. The SMILES string of the molecule is CNC1CN(c2cc(NCC3CC3)nc(NCC3CC3)n2)C1. The number of hydrogen-bond donors (Lipinski definition) is 3. The molecule has 2 heterocycles. The average Bonchev–Trinajstić information content (AvgIpc) is 3.36. The van der Waals surface area contributed by atoms with Crippen LogP contribution in [0.5, 0.6) is 0 Å². The molecule has 0 spiro atoms. The number of hydrogen-bond acceptors (Lipinski definition) is 6. The Morgan fingerprint density at radius 3 is 2.36 bits per heavy atom. The van der Waals surface area contributed by atoms with Crippen LogP contribution in [-0.2, 0) is 0 Å². The fourth-order valence-electron chi connectivity index (χ4n) is 2.74. The van der Waals surface area contributed by atoms with E-state index in [4.69, 9.17) is 4.98 Å². The van der Waals surface area contributed by atoms with Crippen molar-refractivity contribution in [2.75, 3.05) is 48.8 Å². The summed E-state index contributed by atoms with van der Waals surface area (Å²) in [6.45, 7) is 4.09. The van der Waals surface area contributed by atoms with E-state index in [1.54, 1.807) is 0 Å². The predicted molar refractivity (Wildman–Crippen MR) is 89.5 cm³/mol. The lowest BCUT2D eigenvalue weighted by molar-refractivity contribution is 0.447. The maximum absolute atomic E-state index is 4.70. The molecule has 22 heavy (non-hydrogen) atoms. The topological polar surface area (TPSA) is 65.1 Å². The summed E-state index contributed by atoms with van der Waals surface area (Å²) in [6.07, 6.45) is 5.40. The van der Waals surface area contributed by atoms with Gasteiger partial charge in [-0.1, -0.05) is 0 Å². The van der Waals surface area contributed by atoms with Crippen LogP contribution in [0, 0.1) is 11.8 Å². The van der Waals surface area contributed by atoms with Crippen molar-refractivity contribution >= 4 is 17.6 Å². The van der Waals surface area contributed by atoms with Crippen molar-refractivity contribution in [2.45, 2.75) is 31.7 Å². The van der Waals surface area contributed by atoms with Gasteiger partial charge in [-0.15, -0.1) is 0 Å². The van der Waals surface area contributed by atoms with E-state index in [1.807, 2.05) is 7.05 Å². The van der Waals surface area contributed by atoms with Crippen molar-refractivity contribution in [1.82, 2.24) is 15.3 Å². The van der Waals surface area contributed by atoms with Crippen LogP contribution in [0.15, 0.2) is 6.07 Å². The van der Waals surface area contributed by atoms with Crippen molar-refractivity contribution < 1.29 is 0 Å². The summed E-state index contributed by atoms with van der Waals surface area (Å²) in [7, 11) is 2.02. The molecule has 3 N–H and O–H groups in total. The van der Waals surface area contributed by atoms with Crippen molar-refractivity contribution in [1.29, 1.82) is 0 Å². The normalized spacial score (nSPS) is 21.6. The summed E-state index contributed by atoms with van der Waals surface area (Å²) in [5, 5.41) is 10.2. The molecule has 3 aliphatic rings. The maximum Gasteiger partial charge on any atom is 0.226 e. The summed E-state index contributed by atoms with van der Waals surface area (Å²) >= 11 is 0. The molecule has 6 nitrogen and oxygen atoms in total. The number of nitrogens with one attached hydrogen (secondary N) is 3. The molecular formula is C16H26N6. The van der Waals surface area contributed by atoms with E-state index in [2.05, 4.69) is 31.9 Å². The van der Waals surface area contributed by atoms with Crippen LogP contribution in [0.1, 0.15) is 25.7 Å². The summed E-state index contributed by atoms with van der Waals surface area (Å²) in [5.41, 5.74) is 0. The Labute approximate surface area is 132 Å². The molecular weight excluding hydrogens is 276 g/mol. The van der Waals surface area contributed by atoms with Crippen LogP contribution in [-0.4, -0.2) is 49.2 Å². The Morgan fingerprint density at radius 2 is 1.73 bits per heavy atom. The van der Waals surface area contributed by atoms with Gasteiger partial charge in [0.05, 0.1) is 0 Å². The first kappa shape index (κ1) is 14.1. The quantitative estimate of drug-likeness (QED) is 0.677. The molecule has 2 saturated carbocycles. The smallest absolute Gasteiger partial charge is 0.226 e. The maximum atomic E-state index is 4.70. The number of aromatic nitrogens is 2. The second-order valence-electron chi connectivity index (χ2n) is 6.97. The van der Waals surface area contributed by atoms with Gasteiger partial charge >= 0.3 is 0 Å². The van der Waals surface area contributed by atoms with Crippen LogP contribution >= 0.6 is 0 Å². The first-order valence-electron chi connectivity index (χ1n) is 8.59. The molecule has 120 valence electrons. The molecule has 0 unspecified atom stereocenters. The zero-order chi connectivity index (χ0) is 14.9. The summed E-state index contributed by atoms with van der Waals surface area (Å²) in [5.74, 6) is 4.45. The number of anilines is 3.